The minimum Gasteiger partial charge on any atom is -0.374 e. The van der Waals surface area contributed by atoms with Crippen LogP contribution in [0.5, 0.6) is 0 Å². The molecule has 1 atom stereocenters. The summed E-state index contributed by atoms with van der Waals surface area (Å²) in [5, 5.41) is 9.61. The number of nitrogens with one attached hydrogen (secondary N) is 3. The quantitative estimate of drug-likeness (QED) is 0.329. The highest BCUT2D eigenvalue weighted by Crippen LogP contribution is 2.41. The number of hydrogen-bond donors (Lipinski definition) is 3. The second kappa shape index (κ2) is 9.22. The van der Waals surface area contributed by atoms with Crippen LogP contribution in [-0.2, 0) is 9.59 Å². The second-order valence-electron chi connectivity index (χ2n) is 7.48. The summed E-state index contributed by atoms with van der Waals surface area (Å²) in [4.78, 5) is 24.9. The van der Waals surface area contributed by atoms with Crippen LogP contribution < -0.4 is 16.0 Å². The Bertz CT molecular complexity index is 1060. The number of amides is 2. The van der Waals surface area contributed by atoms with Crippen molar-refractivity contribution in [2.24, 2.45) is 4.40 Å². The number of carbonyl (C=O) groups is 2. The number of hydrogen-bond acceptors (Lipinski definition) is 6. The molecule has 0 bridgehead atoms. The average molecular weight is 433 g/mol. The molecular formula is C24H24N4O2S. The topological polar surface area (TPSA) is 82.6 Å². The van der Waals surface area contributed by atoms with Crippen LogP contribution in [0.1, 0.15) is 19.3 Å². The van der Waals surface area contributed by atoms with Crippen LogP contribution in [0.2, 0.25) is 0 Å². The van der Waals surface area contributed by atoms with Crippen molar-refractivity contribution in [2.75, 3.05) is 16.9 Å². The SMILES string of the molecule is CSN=CCCC1(Nc2ccccc2)CC2=C(C=C1Nc1ccccc1)C(=O)NC2=O. The summed E-state index contributed by atoms with van der Waals surface area (Å²) < 4.78 is 4.28. The van der Waals surface area contributed by atoms with Gasteiger partial charge in [-0.15, -0.1) is 0 Å². The standard InChI is InChI=1S/C24H24N4O2S/c1-31-25-14-8-13-24(28-18-11-6-3-7-12-18)16-20-19(22(29)27-23(20)30)15-21(24)26-17-9-4-2-5-10-17/h2-7,9-12,14-15,26,28H,8,13,16H2,1H3,(H,27,29,30). The molecule has 2 aromatic rings. The van der Waals surface area contributed by atoms with Gasteiger partial charge in [-0.25, -0.2) is 4.40 Å². The minimum absolute atomic E-state index is 0.313. The fourth-order valence-electron chi connectivity index (χ4n) is 3.98. The normalized spacial score (nSPS) is 20.5. The zero-order valence-electron chi connectivity index (χ0n) is 17.2. The lowest BCUT2D eigenvalue weighted by atomic mass is 9.77. The highest BCUT2D eigenvalue weighted by Gasteiger charge is 2.44. The van der Waals surface area contributed by atoms with Crippen molar-refractivity contribution in [1.29, 1.82) is 0 Å². The molecule has 1 aliphatic heterocycles. The molecule has 0 saturated heterocycles. The molecule has 4 rings (SSSR count). The molecule has 0 radical (unpaired) electrons. The molecule has 158 valence electrons. The molecule has 3 N–H and O–H groups in total. The van der Waals surface area contributed by atoms with Crippen molar-refractivity contribution in [3.05, 3.63) is 83.6 Å². The molecular weight excluding hydrogens is 408 g/mol. The van der Waals surface area contributed by atoms with E-state index >= 15 is 0 Å². The largest absolute Gasteiger partial charge is 0.374 e. The second-order valence-corrected chi connectivity index (χ2v) is 8.06. The zero-order chi connectivity index (χ0) is 21.7. The highest BCUT2D eigenvalue weighted by molar-refractivity contribution is 7.97. The molecule has 0 fully saturated rings. The van der Waals surface area contributed by atoms with E-state index in [1.165, 1.54) is 11.9 Å². The molecule has 0 aromatic heterocycles. The summed E-state index contributed by atoms with van der Waals surface area (Å²) in [6.07, 6.45) is 7.43. The highest BCUT2D eigenvalue weighted by atomic mass is 32.2. The van der Waals surface area contributed by atoms with Crippen molar-refractivity contribution in [3.8, 4) is 0 Å². The fraction of sp³-hybridized carbons (Fsp3) is 0.208. The molecule has 1 unspecified atom stereocenters. The van der Waals surface area contributed by atoms with Gasteiger partial charge in [0.2, 0.25) is 0 Å². The van der Waals surface area contributed by atoms with Gasteiger partial charge in [0.1, 0.15) is 0 Å². The first-order valence-corrected chi connectivity index (χ1v) is 11.3. The summed E-state index contributed by atoms with van der Waals surface area (Å²) in [5.74, 6) is -0.656. The lowest BCUT2D eigenvalue weighted by Gasteiger charge is -2.40. The maximum absolute atomic E-state index is 12.5. The predicted octanol–water partition coefficient (Wildman–Crippen LogP) is 4.32. The van der Waals surface area contributed by atoms with E-state index in [1.807, 2.05) is 79.2 Å². The Morgan fingerprint density at radius 2 is 1.71 bits per heavy atom. The third-order valence-corrected chi connectivity index (χ3v) is 5.80. The van der Waals surface area contributed by atoms with Gasteiger partial charge >= 0.3 is 0 Å². The van der Waals surface area contributed by atoms with E-state index in [4.69, 9.17) is 0 Å². The zero-order valence-corrected chi connectivity index (χ0v) is 18.0. The molecule has 2 aromatic carbocycles. The average Bonchev–Trinajstić information content (AvgIpc) is 3.05. The Hall–Kier alpha value is -3.32. The number of rotatable bonds is 8. The smallest absolute Gasteiger partial charge is 0.258 e. The molecule has 1 heterocycles. The molecule has 2 aliphatic rings. The van der Waals surface area contributed by atoms with Crippen LogP contribution in [0, 0.1) is 0 Å². The molecule has 1 aliphatic carbocycles. The molecule has 0 saturated carbocycles. The summed E-state index contributed by atoms with van der Waals surface area (Å²) in [6, 6.07) is 19.7. The van der Waals surface area contributed by atoms with Crippen molar-refractivity contribution in [2.45, 2.75) is 24.8 Å². The Morgan fingerprint density at radius 3 is 2.39 bits per heavy atom. The van der Waals surface area contributed by atoms with Crippen LogP contribution in [0.25, 0.3) is 0 Å². The summed E-state index contributed by atoms with van der Waals surface area (Å²) in [7, 11) is 0. The summed E-state index contributed by atoms with van der Waals surface area (Å²) in [6.45, 7) is 0. The van der Waals surface area contributed by atoms with Gasteiger partial charge in [0.05, 0.1) is 11.1 Å². The van der Waals surface area contributed by atoms with Crippen LogP contribution in [0.15, 0.2) is 88.0 Å². The number of nitrogens with zero attached hydrogens (tertiary/aromatic N) is 1. The van der Waals surface area contributed by atoms with Crippen molar-refractivity contribution < 1.29 is 9.59 Å². The Labute approximate surface area is 186 Å². The van der Waals surface area contributed by atoms with E-state index in [-0.39, 0.29) is 11.8 Å². The molecule has 6 nitrogen and oxygen atoms in total. The van der Waals surface area contributed by atoms with Crippen LogP contribution in [-0.4, -0.2) is 29.8 Å². The number of benzene rings is 2. The first kappa shape index (κ1) is 20.9. The Balaban J connectivity index is 1.77. The van der Waals surface area contributed by atoms with E-state index in [2.05, 4.69) is 20.3 Å². The van der Waals surface area contributed by atoms with Crippen molar-refractivity contribution in [3.63, 3.8) is 0 Å². The lowest BCUT2D eigenvalue weighted by Crippen LogP contribution is -2.45. The first-order valence-electron chi connectivity index (χ1n) is 10.1. The third kappa shape index (κ3) is 4.56. The summed E-state index contributed by atoms with van der Waals surface area (Å²) in [5.41, 5.74) is 3.06. The van der Waals surface area contributed by atoms with Gasteiger partial charge in [-0.2, -0.15) is 0 Å². The minimum atomic E-state index is -0.609. The third-order valence-electron chi connectivity index (χ3n) is 5.44. The molecule has 2 amide bonds. The van der Waals surface area contributed by atoms with E-state index in [9.17, 15) is 9.59 Å². The van der Waals surface area contributed by atoms with E-state index in [0.29, 0.717) is 30.4 Å². The first-order chi connectivity index (χ1) is 15.1. The van der Waals surface area contributed by atoms with Gasteiger partial charge in [0, 0.05) is 41.5 Å². The van der Waals surface area contributed by atoms with Gasteiger partial charge in [-0.3, -0.25) is 14.9 Å². The van der Waals surface area contributed by atoms with Gasteiger partial charge in [0.15, 0.2) is 0 Å². The molecule has 31 heavy (non-hydrogen) atoms. The van der Waals surface area contributed by atoms with E-state index in [0.717, 1.165) is 17.1 Å². The van der Waals surface area contributed by atoms with Gasteiger partial charge in [-0.05, 0) is 55.1 Å². The predicted molar refractivity (Wildman–Crippen MR) is 127 cm³/mol. The van der Waals surface area contributed by atoms with Gasteiger partial charge < -0.3 is 10.6 Å². The summed E-state index contributed by atoms with van der Waals surface area (Å²) >= 11 is 1.41. The van der Waals surface area contributed by atoms with Crippen molar-refractivity contribution in [1.82, 2.24) is 5.32 Å². The number of imide groups is 1. The van der Waals surface area contributed by atoms with Gasteiger partial charge in [-0.1, -0.05) is 36.4 Å². The Kier molecular flexibility index (Phi) is 6.23. The maximum Gasteiger partial charge on any atom is 0.258 e. The molecule has 7 heteroatoms. The van der Waals surface area contributed by atoms with Crippen LogP contribution in [0.3, 0.4) is 0 Å². The number of para-hydroxylation sites is 2. The van der Waals surface area contributed by atoms with Crippen molar-refractivity contribution >= 4 is 41.4 Å². The maximum atomic E-state index is 12.5. The van der Waals surface area contributed by atoms with E-state index in [1.54, 1.807) is 0 Å². The number of anilines is 2. The van der Waals surface area contributed by atoms with Crippen LogP contribution in [0.4, 0.5) is 11.4 Å². The van der Waals surface area contributed by atoms with Gasteiger partial charge in [0.25, 0.3) is 11.8 Å². The fourth-order valence-corrected chi connectivity index (χ4v) is 4.23. The lowest BCUT2D eigenvalue weighted by molar-refractivity contribution is -0.124. The Morgan fingerprint density at radius 1 is 1.03 bits per heavy atom. The monoisotopic (exact) mass is 432 g/mol. The van der Waals surface area contributed by atoms with Crippen LogP contribution >= 0.6 is 11.9 Å². The molecule has 0 spiro atoms. The van der Waals surface area contributed by atoms with E-state index < -0.39 is 5.54 Å². The number of carbonyl (C=O) groups excluding carboxylic acids is 2.